The molecule has 1 aliphatic rings. The number of carbonyl (C=O) groups is 2. The first kappa shape index (κ1) is 19.5. The Kier molecular flexibility index (Phi) is 5.63. The summed E-state index contributed by atoms with van der Waals surface area (Å²) in [6, 6.07) is 1.01. The van der Waals surface area contributed by atoms with Crippen molar-refractivity contribution in [3.05, 3.63) is 23.6 Å². The number of imide groups is 1. The number of nitrogens with zero attached hydrogens (tertiary/aromatic N) is 1. The zero-order valence-electron chi connectivity index (χ0n) is 15.4. The SMILES string of the molecule is CC(C)(C)[Si](C)(C)OCc1cc(NC2CCC(=O)NC2=O)ncc1F. The van der Waals surface area contributed by atoms with Gasteiger partial charge in [0.15, 0.2) is 8.32 Å². The number of anilines is 1. The van der Waals surface area contributed by atoms with Crippen molar-refractivity contribution in [2.75, 3.05) is 5.32 Å². The summed E-state index contributed by atoms with van der Waals surface area (Å²) in [6.07, 6.45) is 1.78. The molecule has 0 saturated carbocycles. The quantitative estimate of drug-likeness (QED) is 0.618. The van der Waals surface area contributed by atoms with Crippen LogP contribution in [0.5, 0.6) is 0 Å². The van der Waals surface area contributed by atoms with Crippen LogP contribution in [0.1, 0.15) is 39.2 Å². The minimum atomic E-state index is -2.00. The Morgan fingerprint density at radius 2 is 2.08 bits per heavy atom. The lowest BCUT2D eigenvalue weighted by Crippen LogP contribution is -2.47. The Bertz CT molecular complexity index is 674. The normalized spacial score (nSPS) is 18.9. The molecule has 1 saturated heterocycles. The standard InChI is InChI=1S/C17H26FN3O3Si/c1-17(2,3)25(4,5)24-10-11-8-14(19-9-12(11)18)20-13-6-7-15(22)21-16(13)23/h8-9,13H,6-7,10H2,1-5H3,(H,19,20)(H,21,22,23). The van der Waals surface area contributed by atoms with Crippen molar-refractivity contribution >= 4 is 25.9 Å². The van der Waals surface area contributed by atoms with Crippen LogP contribution in [0, 0.1) is 5.82 Å². The lowest BCUT2D eigenvalue weighted by atomic mass is 10.1. The zero-order chi connectivity index (χ0) is 18.8. The highest BCUT2D eigenvalue weighted by atomic mass is 28.4. The monoisotopic (exact) mass is 367 g/mol. The van der Waals surface area contributed by atoms with Gasteiger partial charge >= 0.3 is 0 Å². The van der Waals surface area contributed by atoms with Gasteiger partial charge in [-0.2, -0.15) is 0 Å². The fourth-order valence-corrected chi connectivity index (χ4v) is 3.10. The second-order valence-corrected chi connectivity index (χ2v) is 12.7. The molecule has 25 heavy (non-hydrogen) atoms. The Morgan fingerprint density at radius 3 is 2.68 bits per heavy atom. The van der Waals surface area contributed by atoms with Crippen molar-refractivity contribution < 1.29 is 18.4 Å². The maximum atomic E-state index is 14.1. The number of rotatable bonds is 5. The molecule has 2 amide bonds. The molecule has 2 N–H and O–H groups in total. The Morgan fingerprint density at radius 1 is 1.40 bits per heavy atom. The summed E-state index contributed by atoms with van der Waals surface area (Å²) in [5.74, 6) is -0.711. The molecule has 1 atom stereocenters. The van der Waals surface area contributed by atoms with Gasteiger partial charge in [0, 0.05) is 12.0 Å². The predicted molar refractivity (Wildman–Crippen MR) is 96.0 cm³/mol. The summed E-state index contributed by atoms with van der Waals surface area (Å²) in [5.41, 5.74) is 0.398. The molecule has 0 radical (unpaired) electrons. The molecule has 1 aromatic rings. The van der Waals surface area contributed by atoms with Crippen LogP contribution in [-0.4, -0.2) is 31.2 Å². The third kappa shape index (κ3) is 4.85. The number of hydrogen-bond acceptors (Lipinski definition) is 5. The maximum Gasteiger partial charge on any atom is 0.249 e. The van der Waals surface area contributed by atoms with Crippen LogP contribution in [0.4, 0.5) is 10.2 Å². The van der Waals surface area contributed by atoms with Crippen molar-refractivity contribution in [1.29, 1.82) is 0 Å². The molecule has 0 spiro atoms. The molecule has 1 fully saturated rings. The lowest BCUT2D eigenvalue weighted by Gasteiger charge is -2.36. The first-order chi connectivity index (χ1) is 11.5. The second kappa shape index (κ2) is 7.21. The van der Waals surface area contributed by atoms with Crippen molar-refractivity contribution in [2.24, 2.45) is 0 Å². The number of halogens is 1. The van der Waals surface area contributed by atoms with E-state index in [9.17, 15) is 14.0 Å². The first-order valence-electron chi connectivity index (χ1n) is 8.38. The van der Waals surface area contributed by atoms with E-state index in [2.05, 4.69) is 49.5 Å². The van der Waals surface area contributed by atoms with Crippen LogP contribution in [0.25, 0.3) is 0 Å². The van der Waals surface area contributed by atoms with Crippen molar-refractivity contribution in [3.8, 4) is 0 Å². The topological polar surface area (TPSA) is 80.3 Å². The van der Waals surface area contributed by atoms with Crippen LogP contribution in [0.2, 0.25) is 18.1 Å². The van der Waals surface area contributed by atoms with Gasteiger partial charge in [0.2, 0.25) is 11.8 Å². The highest BCUT2D eigenvalue weighted by Gasteiger charge is 2.37. The molecule has 6 nitrogen and oxygen atoms in total. The third-order valence-corrected chi connectivity index (χ3v) is 9.37. The van der Waals surface area contributed by atoms with Gasteiger partial charge in [-0.05, 0) is 30.6 Å². The molecule has 8 heteroatoms. The number of piperidine rings is 1. The minimum Gasteiger partial charge on any atom is -0.412 e. The smallest absolute Gasteiger partial charge is 0.249 e. The summed E-state index contributed by atoms with van der Waals surface area (Å²) in [7, 11) is -2.00. The molecule has 0 aromatic carbocycles. The van der Waals surface area contributed by atoms with Gasteiger partial charge in [-0.3, -0.25) is 14.9 Å². The summed E-state index contributed by atoms with van der Waals surface area (Å²) in [4.78, 5) is 27.0. The number of pyridine rings is 1. The highest BCUT2D eigenvalue weighted by Crippen LogP contribution is 2.37. The zero-order valence-corrected chi connectivity index (χ0v) is 16.4. The molecule has 1 aliphatic heterocycles. The Labute approximate surface area is 148 Å². The van der Waals surface area contributed by atoms with Gasteiger partial charge in [-0.15, -0.1) is 0 Å². The molecule has 1 aromatic heterocycles. The molecule has 2 rings (SSSR count). The van der Waals surface area contributed by atoms with Crippen molar-refractivity contribution in [1.82, 2.24) is 10.3 Å². The number of aromatic nitrogens is 1. The van der Waals surface area contributed by atoms with E-state index in [4.69, 9.17) is 4.43 Å². The van der Waals surface area contributed by atoms with Crippen LogP contribution < -0.4 is 10.6 Å². The van der Waals surface area contributed by atoms with E-state index in [-0.39, 0.29) is 29.9 Å². The molecule has 138 valence electrons. The molecule has 2 heterocycles. The lowest BCUT2D eigenvalue weighted by molar-refractivity contribution is -0.133. The van der Waals surface area contributed by atoms with Gasteiger partial charge in [-0.1, -0.05) is 20.8 Å². The molecule has 0 bridgehead atoms. The predicted octanol–water partition coefficient (Wildman–Crippen LogP) is 2.96. The van der Waals surface area contributed by atoms with E-state index in [0.29, 0.717) is 17.8 Å². The van der Waals surface area contributed by atoms with E-state index in [1.807, 2.05) is 0 Å². The van der Waals surface area contributed by atoms with Crippen LogP contribution in [0.15, 0.2) is 12.3 Å². The Balaban J connectivity index is 2.07. The Hall–Kier alpha value is -1.80. The number of carbonyl (C=O) groups excluding carboxylic acids is 2. The summed E-state index contributed by atoms with van der Waals surface area (Å²) in [6.45, 7) is 10.7. The summed E-state index contributed by atoms with van der Waals surface area (Å²) in [5, 5.41) is 5.27. The highest BCUT2D eigenvalue weighted by molar-refractivity contribution is 6.74. The van der Waals surface area contributed by atoms with E-state index < -0.39 is 20.2 Å². The van der Waals surface area contributed by atoms with Gasteiger partial charge in [-0.25, -0.2) is 9.37 Å². The molecule has 0 aliphatic carbocycles. The average molecular weight is 367 g/mol. The van der Waals surface area contributed by atoms with Crippen molar-refractivity contribution in [2.45, 2.75) is 64.4 Å². The number of hydrogen-bond donors (Lipinski definition) is 2. The van der Waals surface area contributed by atoms with Crippen LogP contribution in [0.3, 0.4) is 0 Å². The van der Waals surface area contributed by atoms with E-state index in [0.717, 1.165) is 6.20 Å². The molecular weight excluding hydrogens is 341 g/mol. The molecular formula is C17H26FN3O3Si. The molecule has 1 unspecified atom stereocenters. The number of nitrogens with one attached hydrogen (secondary N) is 2. The van der Waals surface area contributed by atoms with Gasteiger partial charge in [0.25, 0.3) is 0 Å². The fraction of sp³-hybridized carbons (Fsp3) is 0.588. The maximum absolute atomic E-state index is 14.1. The van der Waals surface area contributed by atoms with E-state index in [1.54, 1.807) is 6.07 Å². The van der Waals surface area contributed by atoms with Crippen molar-refractivity contribution in [3.63, 3.8) is 0 Å². The van der Waals surface area contributed by atoms with Gasteiger partial charge in [0.1, 0.15) is 17.7 Å². The van der Waals surface area contributed by atoms with E-state index >= 15 is 0 Å². The van der Waals surface area contributed by atoms with E-state index in [1.165, 1.54) is 0 Å². The average Bonchev–Trinajstić information content (AvgIpc) is 2.49. The first-order valence-corrected chi connectivity index (χ1v) is 11.3. The van der Waals surface area contributed by atoms with Crippen LogP contribution in [-0.2, 0) is 20.6 Å². The summed E-state index contributed by atoms with van der Waals surface area (Å²) >= 11 is 0. The second-order valence-electron chi connectivity index (χ2n) is 7.86. The van der Waals surface area contributed by atoms with Gasteiger partial charge < -0.3 is 9.74 Å². The van der Waals surface area contributed by atoms with Crippen LogP contribution >= 0.6 is 0 Å². The largest absolute Gasteiger partial charge is 0.412 e. The minimum absolute atomic E-state index is 0.0321. The summed E-state index contributed by atoms with van der Waals surface area (Å²) < 4.78 is 20.1. The van der Waals surface area contributed by atoms with Gasteiger partial charge in [0.05, 0.1) is 12.8 Å². The fourth-order valence-electron chi connectivity index (χ4n) is 2.15. The number of amides is 2. The third-order valence-electron chi connectivity index (χ3n) is 4.89.